The molecule has 2 saturated heterocycles. The molecular formula is C32H43ClN4O6S. The molecule has 3 fully saturated rings. The number of hydrogen-bond acceptors (Lipinski definition) is 6. The number of sulfonamides is 1. The van der Waals surface area contributed by atoms with Crippen molar-refractivity contribution in [2.45, 2.75) is 73.9 Å². The Morgan fingerprint density at radius 3 is 2.45 bits per heavy atom. The minimum Gasteiger partial charge on any atom is -0.465 e. The van der Waals surface area contributed by atoms with Gasteiger partial charge in [-0.1, -0.05) is 48.4 Å². The molecule has 3 unspecified atom stereocenters. The van der Waals surface area contributed by atoms with Gasteiger partial charge in [0, 0.05) is 55.9 Å². The van der Waals surface area contributed by atoms with Crippen LogP contribution < -0.4 is 16.0 Å². The van der Waals surface area contributed by atoms with Crippen LogP contribution in [0.2, 0.25) is 5.02 Å². The first-order valence-electron chi connectivity index (χ1n) is 15.6. The molecule has 0 spiro atoms. The van der Waals surface area contributed by atoms with E-state index in [1.165, 1.54) is 0 Å². The summed E-state index contributed by atoms with van der Waals surface area (Å²) in [5.74, 6) is -0.478. The summed E-state index contributed by atoms with van der Waals surface area (Å²) in [7, 11) is -3.62. The van der Waals surface area contributed by atoms with Crippen LogP contribution in [-0.2, 0) is 19.6 Å². The molecule has 2 heterocycles. The van der Waals surface area contributed by atoms with E-state index in [4.69, 9.17) is 16.3 Å². The number of rotatable bonds is 11. The molecule has 1 saturated carbocycles. The van der Waals surface area contributed by atoms with Gasteiger partial charge in [0.2, 0.25) is 15.9 Å². The van der Waals surface area contributed by atoms with Gasteiger partial charge < -0.3 is 25.8 Å². The first-order chi connectivity index (χ1) is 21.2. The zero-order chi connectivity index (χ0) is 31.1. The van der Waals surface area contributed by atoms with Crippen LogP contribution in [0.5, 0.6) is 0 Å². The molecule has 5 atom stereocenters. The van der Waals surface area contributed by atoms with Crippen LogP contribution in [0.15, 0.2) is 59.5 Å². The molecule has 0 aromatic heterocycles. The molecule has 3 aliphatic rings. The minimum atomic E-state index is -3.62. The second-order valence-corrected chi connectivity index (χ2v) is 14.5. The first-order valence-corrected chi connectivity index (χ1v) is 17.5. The molecular weight excluding hydrogens is 604 g/mol. The predicted octanol–water partition coefficient (Wildman–Crippen LogP) is 4.21. The van der Waals surface area contributed by atoms with Crippen molar-refractivity contribution < 1.29 is 27.9 Å². The van der Waals surface area contributed by atoms with Gasteiger partial charge in [-0.3, -0.25) is 4.79 Å². The van der Waals surface area contributed by atoms with Gasteiger partial charge in [-0.15, -0.1) is 0 Å². The summed E-state index contributed by atoms with van der Waals surface area (Å²) in [6.07, 6.45) is 4.30. The van der Waals surface area contributed by atoms with Crippen molar-refractivity contribution >= 4 is 33.6 Å². The van der Waals surface area contributed by atoms with Gasteiger partial charge in [0.1, 0.15) is 6.04 Å². The molecule has 10 nitrogen and oxygen atoms in total. The Hall–Kier alpha value is -2.70. The lowest BCUT2D eigenvalue weighted by molar-refractivity contribution is -0.125. The van der Waals surface area contributed by atoms with Crippen molar-refractivity contribution in [2.24, 2.45) is 11.8 Å². The summed E-state index contributed by atoms with van der Waals surface area (Å²) in [4.78, 5) is 26.2. The van der Waals surface area contributed by atoms with Crippen LogP contribution in [0.1, 0.15) is 56.4 Å². The van der Waals surface area contributed by atoms with E-state index in [0.29, 0.717) is 49.2 Å². The van der Waals surface area contributed by atoms with Crippen LogP contribution in [0.4, 0.5) is 4.79 Å². The van der Waals surface area contributed by atoms with Gasteiger partial charge in [0.15, 0.2) is 0 Å². The third kappa shape index (κ3) is 7.92. The summed E-state index contributed by atoms with van der Waals surface area (Å²) in [6, 6.07) is 14.6. The maximum Gasteiger partial charge on any atom is 0.405 e. The Balaban J connectivity index is 1.29. The van der Waals surface area contributed by atoms with Crippen LogP contribution in [0, 0.1) is 11.8 Å². The number of halogens is 1. The van der Waals surface area contributed by atoms with Gasteiger partial charge in [0.25, 0.3) is 0 Å². The van der Waals surface area contributed by atoms with Crippen molar-refractivity contribution in [2.75, 3.05) is 32.8 Å². The highest BCUT2D eigenvalue weighted by Crippen LogP contribution is 2.37. The van der Waals surface area contributed by atoms with Crippen molar-refractivity contribution in [3.8, 4) is 0 Å². The number of nitrogens with one attached hydrogen (secondary N) is 3. The molecule has 240 valence electrons. The lowest BCUT2D eigenvalue weighted by Crippen LogP contribution is -2.55. The van der Waals surface area contributed by atoms with E-state index in [1.807, 2.05) is 12.1 Å². The van der Waals surface area contributed by atoms with Crippen LogP contribution in [0.3, 0.4) is 0 Å². The molecule has 0 bridgehead atoms. The summed E-state index contributed by atoms with van der Waals surface area (Å²) in [5.41, 5.74) is 0.864. The average Bonchev–Trinajstić information content (AvgIpc) is 3.48. The normalized spacial score (nSPS) is 24.8. The van der Waals surface area contributed by atoms with E-state index in [1.54, 1.807) is 46.8 Å². The third-order valence-electron chi connectivity index (χ3n) is 9.45. The van der Waals surface area contributed by atoms with Crippen LogP contribution in [-0.4, -0.2) is 80.8 Å². The highest BCUT2D eigenvalue weighted by atomic mass is 35.5. The van der Waals surface area contributed by atoms with E-state index in [0.717, 1.165) is 44.1 Å². The highest BCUT2D eigenvalue weighted by molar-refractivity contribution is 7.89. The number of benzene rings is 2. The lowest BCUT2D eigenvalue weighted by atomic mass is 9.76. The molecule has 2 aromatic carbocycles. The fraction of sp³-hybridized carbons (Fsp3) is 0.562. The SMILES string of the molecule is O=C(O)N[C@H](C(=O)NC1CCCC1CCC1CNCCN1S(=O)(=O)c1ccccc1)[C@@H](c1ccc(Cl)cc1)C1CCOCC1. The number of carbonyl (C=O) groups is 2. The number of piperazine rings is 1. The van der Waals surface area contributed by atoms with Crippen molar-refractivity contribution in [1.29, 1.82) is 0 Å². The number of carboxylic acid groups (broad SMARTS) is 1. The summed E-state index contributed by atoms with van der Waals surface area (Å²) >= 11 is 6.16. The molecule has 0 radical (unpaired) electrons. The highest BCUT2D eigenvalue weighted by Gasteiger charge is 2.40. The Morgan fingerprint density at radius 1 is 1.02 bits per heavy atom. The molecule has 44 heavy (non-hydrogen) atoms. The van der Waals surface area contributed by atoms with E-state index in [2.05, 4.69) is 16.0 Å². The second-order valence-electron chi connectivity index (χ2n) is 12.1. The van der Waals surface area contributed by atoms with Gasteiger partial charge in [-0.25, -0.2) is 13.2 Å². The first kappa shape index (κ1) is 32.7. The van der Waals surface area contributed by atoms with Gasteiger partial charge in [-0.2, -0.15) is 4.31 Å². The maximum absolute atomic E-state index is 14.0. The van der Waals surface area contributed by atoms with Gasteiger partial charge >= 0.3 is 6.09 Å². The van der Waals surface area contributed by atoms with E-state index < -0.39 is 22.2 Å². The number of carbonyl (C=O) groups excluding carboxylic acids is 1. The zero-order valence-corrected chi connectivity index (χ0v) is 26.4. The Labute approximate surface area is 264 Å². The standard InChI is InChI=1S/C32H43ClN4O6S/c33-25-12-9-23(10-13-25)29(24-15-19-43-20-16-24)30(36-32(39)40)31(38)35-28-8-4-5-22(28)11-14-26-21-34-17-18-37(26)44(41,42)27-6-2-1-3-7-27/h1-3,6-7,9-10,12-13,22,24,26,28-30,34,36H,4-5,8,11,14-21H2,(H,35,38)(H,39,40)/t22?,26?,28?,29-,30-/m0/s1. The molecule has 2 amide bonds. The largest absolute Gasteiger partial charge is 0.465 e. The van der Waals surface area contributed by atoms with Crippen LogP contribution in [0.25, 0.3) is 0 Å². The lowest BCUT2D eigenvalue weighted by Gasteiger charge is -2.37. The molecule has 2 aliphatic heterocycles. The van der Waals surface area contributed by atoms with E-state index in [9.17, 15) is 23.1 Å². The third-order valence-corrected chi connectivity index (χ3v) is 11.7. The maximum atomic E-state index is 14.0. The average molecular weight is 647 g/mol. The molecule has 1 aliphatic carbocycles. The number of amides is 2. The van der Waals surface area contributed by atoms with Crippen molar-refractivity contribution in [3.63, 3.8) is 0 Å². The topological polar surface area (TPSA) is 137 Å². The monoisotopic (exact) mass is 646 g/mol. The Morgan fingerprint density at radius 2 is 1.75 bits per heavy atom. The summed E-state index contributed by atoms with van der Waals surface area (Å²) in [6.45, 7) is 2.72. The molecule has 5 rings (SSSR count). The minimum absolute atomic E-state index is 0.0586. The smallest absolute Gasteiger partial charge is 0.405 e. The van der Waals surface area contributed by atoms with Gasteiger partial charge in [0.05, 0.1) is 4.90 Å². The van der Waals surface area contributed by atoms with Crippen LogP contribution >= 0.6 is 11.6 Å². The Bertz CT molecular complexity index is 1360. The quantitative estimate of drug-likeness (QED) is 0.287. The van der Waals surface area contributed by atoms with E-state index >= 15 is 0 Å². The van der Waals surface area contributed by atoms with E-state index in [-0.39, 0.29) is 35.7 Å². The zero-order valence-electron chi connectivity index (χ0n) is 24.9. The number of nitrogens with zero attached hydrogens (tertiary/aromatic N) is 1. The molecule has 4 N–H and O–H groups in total. The second kappa shape index (κ2) is 15.1. The molecule has 2 aromatic rings. The summed E-state index contributed by atoms with van der Waals surface area (Å²) in [5, 5.41) is 19.5. The van der Waals surface area contributed by atoms with Gasteiger partial charge in [-0.05, 0) is 80.2 Å². The fourth-order valence-corrected chi connectivity index (χ4v) is 9.03. The predicted molar refractivity (Wildman–Crippen MR) is 168 cm³/mol. The summed E-state index contributed by atoms with van der Waals surface area (Å²) < 4.78 is 34.1. The number of ether oxygens (including phenoxy) is 1. The van der Waals surface area contributed by atoms with Crippen molar-refractivity contribution in [3.05, 3.63) is 65.2 Å². The van der Waals surface area contributed by atoms with Crippen molar-refractivity contribution in [1.82, 2.24) is 20.3 Å². The molecule has 12 heteroatoms. The Kier molecular flexibility index (Phi) is 11.2. The fourth-order valence-electron chi connectivity index (χ4n) is 7.23. The number of hydrogen-bond donors (Lipinski definition) is 4.